The average molecular weight is 245 g/mol. The zero-order valence-electron chi connectivity index (χ0n) is 9.45. The van der Waals surface area contributed by atoms with Gasteiger partial charge in [-0.15, -0.1) is 0 Å². The Morgan fingerprint density at radius 1 is 1.33 bits per heavy atom. The second-order valence-corrected chi connectivity index (χ2v) is 4.08. The molecule has 1 aliphatic carbocycles. The number of allylic oxidation sites excluding steroid dienone is 2. The van der Waals surface area contributed by atoms with Crippen molar-refractivity contribution in [1.29, 1.82) is 0 Å². The van der Waals surface area contributed by atoms with Gasteiger partial charge in [-0.25, -0.2) is 4.79 Å². The zero-order chi connectivity index (χ0) is 13.2. The van der Waals surface area contributed by atoms with Gasteiger partial charge in [0.05, 0.1) is 6.42 Å². The van der Waals surface area contributed by atoms with Crippen LogP contribution in [0.4, 0.5) is 0 Å². The van der Waals surface area contributed by atoms with E-state index in [9.17, 15) is 14.9 Å². The molecule has 92 valence electrons. The highest BCUT2D eigenvalue weighted by Crippen LogP contribution is 2.32. The fourth-order valence-electron chi connectivity index (χ4n) is 1.93. The van der Waals surface area contributed by atoms with Gasteiger partial charge < -0.3 is 5.11 Å². The van der Waals surface area contributed by atoms with Crippen molar-refractivity contribution >= 4 is 11.5 Å². The SMILES string of the molecule is O=C(O)C1([N+](=O)[O-])C=CC=C(c2ccccc2)C1. The minimum atomic E-state index is -2.06. The summed E-state index contributed by atoms with van der Waals surface area (Å²) >= 11 is 0. The molecule has 1 aromatic carbocycles. The van der Waals surface area contributed by atoms with Crippen LogP contribution in [-0.4, -0.2) is 21.5 Å². The number of rotatable bonds is 3. The van der Waals surface area contributed by atoms with Gasteiger partial charge in [0.25, 0.3) is 0 Å². The Kier molecular flexibility index (Phi) is 2.97. The molecule has 0 amide bonds. The van der Waals surface area contributed by atoms with Crippen molar-refractivity contribution in [2.24, 2.45) is 0 Å². The molecule has 1 aliphatic rings. The second-order valence-electron chi connectivity index (χ2n) is 4.08. The van der Waals surface area contributed by atoms with Crippen molar-refractivity contribution in [3.05, 3.63) is 64.2 Å². The predicted octanol–water partition coefficient (Wildman–Crippen LogP) is 2.13. The summed E-state index contributed by atoms with van der Waals surface area (Å²) in [7, 11) is 0. The molecule has 0 saturated carbocycles. The molecule has 1 unspecified atom stereocenters. The molecule has 0 fully saturated rings. The van der Waals surface area contributed by atoms with Crippen LogP contribution < -0.4 is 0 Å². The summed E-state index contributed by atoms with van der Waals surface area (Å²) in [5.74, 6) is -1.44. The van der Waals surface area contributed by atoms with E-state index in [1.807, 2.05) is 18.2 Å². The summed E-state index contributed by atoms with van der Waals surface area (Å²) in [5.41, 5.74) is -0.605. The van der Waals surface area contributed by atoms with E-state index in [0.29, 0.717) is 5.57 Å². The lowest BCUT2D eigenvalue weighted by molar-refractivity contribution is -0.539. The lowest BCUT2D eigenvalue weighted by Crippen LogP contribution is -2.45. The van der Waals surface area contributed by atoms with Gasteiger partial charge in [-0.2, -0.15) is 0 Å². The molecular weight excluding hydrogens is 234 g/mol. The molecule has 1 atom stereocenters. The highest BCUT2D eigenvalue weighted by molar-refractivity contribution is 5.85. The van der Waals surface area contributed by atoms with Crippen molar-refractivity contribution in [3.8, 4) is 0 Å². The van der Waals surface area contributed by atoms with Crippen LogP contribution in [0.5, 0.6) is 0 Å². The molecule has 18 heavy (non-hydrogen) atoms. The number of hydrogen-bond acceptors (Lipinski definition) is 3. The summed E-state index contributed by atoms with van der Waals surface area (Å²) in [6.45, 7) is 0. The first-order valence-corrected chi connectivity index (χ1v) is 5.38. The molecule has 5 nitrogen and oxygen atoms in total. The quantitative estimate of drug-likeness (QED) is 0.653. The lowest BCUT2D eigenvalue weighted by atomic mass is 9.84. The van der Waals surface area contributed by atoms with Crippen molar-refractivity contribution in [2.75, 3.05) is 0 Å². The third kappa shape index (κ3) is 1.90. The maximum absolute atomic E-state index is 11.2. The number of benzene rings is 1. The average Bonchev–Trinajstić information content (AvgIpc) is 2.39. The maximum Gasteiger partial charge on any atom is 0.387 e. The van der Waals surface area contributed by atoms with E-state index in [-0.39, 0.29) is 6.42 Å². The number of aliphatic carboxylic acids is 1. The molecule has 0 aromatic heterocycles. The number of nitrogens with zero attached hydrogens (tertiary/aromatic N) is 1. The predicted molar refractivity (Wildman–Crippen MR) is 65.5 cm³/mol. The Morgan fingerprint density at radius 2 is 2.00 bits per heavy atom. The zero-order valence-corrected chi connectivity index (χ0v) is 9.45. The molecule has 0 radical (unpaired) electrons. The normalized spacial score (nSPS) is 22.3. The Balaban J connectivity index is 2.40. The van der Waals surface area contributed by atoms with Crippen molar-refractivity contribution in [3.63, 3.8) is 0 Å². The minimum absolute atomic E-state index is 0.143. The van der Waals surface area contributed by atoms with Gasteiger partial charge >= 0.3 is 11.5 Å². The molecule has 0 aliphatic heterocycles. The Bertz CT molecular complexity index is 531. The van der Waals surface area contributed by atoms with Crippen LogP contribution in [0.25, 0.3) is 5.57 Å². The first-order chi connectivity index (χ1) is 8.56. The summed E-state index contributed by atoms with van der Waals surface area (Å²) in [6, 6.07) is 9.06. The smallest absolute Gasteiger partial charge is 0.387 e. The monoisotopic (exact) mass is 245 g/mol. The van der Waals surface area contributed by atoms with Crippen LogP contribution in [0, 0.1) is 10.1 Å². The molecule has 2 rings (SSSR count). The first kappa shape index (κ1) is 12.0. The van der Waals surface area contributed by atoms with Crippen LogP contribution >= 0.6 is 0 Å². The van der Waals surface area contributed by atoms with Gasteiger partial charge in [0.15, 0.2) is 0 Å². The van der Waals surface area contributed by atoms with Crippen LogP contribution in [0.2, 0.25) is 0 Å². The van der Waals surface area contributed by atoms with Gasteiger partial charge in [0.1, 0.15) is 0 Å². The van der Waals surface area contributed by atoms with E-state index >= 15 is 0 Å². The van der Waals surface area contributed by atoms with Gasteiger partial charge in [-0.05, 0) is 11.1 Å². The van der Waals surface area contributed by atoms with E-state index in [2.05, 4.69) is 0 Å². The molecule has 0 bridgehead atoms. The van der Waals surface area contributed by atoms with E-state index < -0.39 is 16.4 Å². The number of carboxylic acids is 1. The standard InChI is InChI=1S/C13H11NO4/c15-12(16)13(14(17)18)8-4-7-11(9-13)10-5-2-1-3-6-10/h1-8H,9H2,(H,15,16). The maximum atomic E-state index is 11.2. The van der Waals surface area contributed by atoms with Gasteiger partial charge in [0.2, 0.25) is 0 Å². The Labute approximate surface area is 103 Å². The van der Waals surface area contributed by atoms with Crippen LogP contribution in [-0.2, 0) is 4.79 Å². The fraction of sp³-hybridized carbons (Fsp3) is 0.154. The molecule has 1 N–H and O–H groups in total. The highest BCUT2D eigenvalue weighted by atomic mass is 16.6. The third-order valence-corrected chi connectivity index (χ3v) is 2.97. The largest absolute Gasteiger partial charge is 0.476 e. The fourth-order valence-corrected chi connectivity index (χ4v) is 1.93. The van der Waals surface area contributed by atoms with Crippen molar-refractivity contribution in [1.82, 2.24) is 0 Å². The summed E-state index contributed by atoms with van der Waals surface area (Å²) < 4.78 is 0. The van der Waals surface area contributed by atoms with Gasteiger partial charge in [0, 0.05) is 11.0 Å². The van der Waals surface area contributed by atoms with E-state index in [4.69, 9.17) is 5.11 Å². The van der Waals surface area contributed by atoms with Crippen LogP contribution in [0.1, 0.15) is 12.0 Å². The third-order valence-electron chi connectivity index (χ3n) is 2.97. The van der Waals surface area contributed by atoms with E-state index in [0.717, 1.165) is 11.6 Å². The molecule has 1 aromatic rings. The summed E-state index contributed by atoms with van der Waals surface area (Å²) in [5, 5.41) is 20.1. The number of hydrogen-bond donors (Lipinski definition) is 1. The second kappa shape index (κ2) is 4.44. The Morgan fingerprint density at radius 3 is 2.56 bits per heavy atom. The van der Waals surface area contributed by atoms with Crippen molar-refractivity contribution < 1.29 is 14.8 Å². The van der Waals surface area contributed by atoms with Crippen LogP contribution in [0.15, 0.2) is 48.6 Å². The Hall–Kier alpha value is -2.43. The number of nitro groups is 1. The topological polar surface area (TPSA) is 80.4 Å². The van der Waals surface area contributed by atoms with Gasteiger partial charge in [-0.3, -0.25) is 10.1 Å². The lowest BCUT2D eigenvalue weighted by Gasteiger charge is -2.21. The number of carboxylic acid groups (broad SMARTS) is 1. The minimum Gasteiger partial charge on any atom is -0.476 e. The van der Waals surface area contributed by atoms with Crippen molar-refractivity contribution in [2.45, 2.75) is 12.0 Å². The molecular formula is C13H11NO4. The number of carbonyl (C=O) groups is 1. The van der Waals surface area contributed by atoms with Gasteiger partial charge in [-0.1, -0.05) is 42.5 Å². The highest BCUT2D eigenvalue weighted by Gasteiger charge is 2.50. The summed E-state index contributed by atoms with van der Waals surface area (Å²) in [6.07, 6.45) is 4.13. The van der Waals surface area contributed by atoms with Crippen LogP contribution in [0.3, 0.4) is 0 Å². The molecule has 0 heterocycles. The molecule has 5 heteroatoms. The first-order valence-electron chi connectivity index (χ1n) is 5.38. The molecule has 0 saturated heterocycles. The van der Waals surface area contributed by atoms with E-state index in [1.165, 1.54) is 6.08 Å². The summed E-state index contributed by atoms with van der Waals surface area (Å²) in [4.78, 5) is 21.5. The molecule has 0 spiro atoms. The van der Waals surface area contributed by atoms with E-state index in [1.54, 1.807) is 18.2 Å².